The van der Waals surface area contributed by atoms with E-state index in [0.29, 0.717) is 11.1 Å². The van der Waals surface area contributed by atoms with E-state index in [0.717, 1.165) is 33.0 Å². The molecule has 9 rings (SSSR count). The summed E-state index contributed by atoms with van der Waals surface area (Å²) in [5.74, 6) is 0. The van der Waals surface area contributed by atoms with Gasteiger partial charge in [0, 0.05) is 0 Å². The lowest BCUT2D eigenvalue weighted by Gasteiger charge is -2.21. The first-order valence-corrected chi connectivity index (χ1v) is 15.4. The van der Waals surface area contributed by atoms with Gasteiger partial charge in [0.2, 0.25) is 0 Å². The molecule has 0 unspecified atom stereocenters. The molecule has 2 nitrogen and oxygen atoms in total. The summed E-state index contributed by atoms with van der Waals surface area (Å²) in [6.07, 6.45) is 0. The molecule has 210 valence electrons. The number of rotatable bonds is 3. The van der Waals surface area contributed by atoms with Crippen LogP contribution in [0.1, 0.15) is 11.1 Å². The van der Waals surface area contributed by atoms with Crippen molar-refractivity contribution in [2.45, 2.75) is 0 Å². The molecule has 0 atom stereocenters. The smallest absolute Gasteiger partial charge is 0.0991 e. The summed E-state index contributed by atoms with van der Waals surface area (Å²) in [5, 5.41) is 26.4. The van der Waals surface area contributed by atoms with Crippen molar-refractivity contribution in [1.82, 2.24) is 0 Å². The van der Waals surface area contributed by atoms with Crippen molar-refractivity contribution >= 4 is 32.3 Å². The third-order valence-electron chi connectivity index (χ3n) is 9.46. The van der Waals surface area contributed by atoms with E-state index >= 15 is 0 Å². The van der Waals surface area contributed by atoms with Crippen LogP contribution in [0.2, 0.25) is 0 Å². The van der Waals surface area contributed by atoms with Crippen molar-refractivity contribution < 1.29 is 0 Å². The minimum Gasteiger partial charge on any atom is -0.192 e. The summed E-state index contributed by atoms with van der Waals surface area (Å²) < 4.78 is 0. The zero-order chi connectivity index (χ0) is 30.8. The van der Waals surface area contributed by atoms with Gasteiger partial charge in [0.1, 0.15) is 0 Å². The molecule has 0 radical (unpaired) electrons. The van der Waals surface area contributed by atoms with E-state index in [1.807, 2.05) is 24.3 Å². The Morgan fingerprint density at radius 3 is 1.46 bits per heavy atom. The van der Waals surface area contributed by atoms with Crippen molar-refractivity contribution in [2.75, 3.05) is 0 Å². The lowest BCUT2D eigenvalue weighted by molar-refractivity contribution is 1.48. The standard InChI is InChI=1S/C44H24N2/c45-25-27-14-18-31(19-15-27)41-36-23-22-33(35-11-3-7-29-6-1-2-10-34(29)35)24-39(36)42(32-20-16-28(26-46)17-21-32)44-38-13-5-9-30-8-4-12-37(40(30)38)43(41)44/h1-24H. The second kappa shape index (κ2) is 10.0. The van der Waals surface area contributed by atoms with Crippen LogP contribution in [0.5, 0.6) is 0 Å². The lowest BCUT2D eigenvalue weighted by Crippen LogP contribution is -1.95. The molecule has 8 aromatic rings. The summed E-state index contributed by atoms with van der Waals surface area (Å²) in [6.45, 7) is 0. The van der Waals surface area contributed by atoms with Crippen LogP contribution < -0.4 is 0 Å². The molecule has 1 aliphatic carbocycles. The van der Waals surface area contributed by atoms with Gasteiger partial charge in [0.25, 0.3) is 0 Å². The van der Waals surface area contributed by atoms with Gasteiger partial charge in [-0.15, -0.1) is 0 Å². The predicted molar refractivity (Wildman–Crippen MR) is 189 cm³/mol. The maximum Gasteiger partial charge on any atom is 0.0991 e. The molecule has 0 spiro atoms. The highest BCUT2D eigenvalue weighted by Gasteiger charge is 2.30. The van der Waals surface area contributed by atoms with Gasteiger partial charge in [-0.25, -0.2) is 0 Å². The Hall–Kier alpha value is -6.48. The van der Waals surface area contributed by atoms with E-state index in [2.05, 4.69) is 133 Å². The molecule has 2 heteroatoms. The predicted octanol–water partition coefficient (Wildman–Crippen LogP) is 11.5. The molecule has 0 fully saturated rings. The maximum atomic E-state index is 9.62. The third-order valence-corrected chi connectivity index (χ3v) is 9.46. The van der Waals surface area contributed by atoms with Crippen molar-refractivity contribution in [1.29, 1.82) is 10.5 Å². The summed E-state index contributed by atoms with van der Waals surface area (Å²) in [6, 6.07) is 55.6. The number of benzene rings is 8. The zero-order valence-electron chi connectivity index (χ0n) is 24.8. The largest absolute Gasteiger partial charge is 0.192 e. The van der Waals surface area contributed by atoms with Gasteiger partial charge in [-0.2, -0.15) is 10.5 Å². The van der Waals surface area contributed by atoms with Crippen molar-refractivity contribution in [2.24, 2.45) is 0 Å². The molecule has 46 heavy (non-hydrogen) atoms. The maximum absolute atomic E-state index is 9.62. The fourth-order valence-corrected chi connectivity index (χ4v) is 7.45. The fourth-order valence-electron chi connectivity index (χ4n) is 7.45. The van der Waals surface area contributed by atoms with Gasteiger partial charge in [-0.1, -0.05) is 115 Å². The molecule has 0 bridgehead atoms. The first-order chi connectivity index (χ1) is 22.7. The number of hydrogen-bond acceptors (Lipinski definition) is 2. The van der Waals surface area contributed by atoms with Crippen LogP contribution in [-0.4, -0.2) is 0 Å². The van der Waals surface area contributed by atoms with Crippen LogP contribution in [0.3, 0.4) is 0 Å². The second-order valence-corrected chi connectivity index (χ2v) is 11.9. The monoisotopic (exact) mass is 580 g/mol. The summed E-state index contributed by atoms with van der Waals surface area (Å²) >= 11 is 0. The van der Waals surface area contributed by atoms with Gasteiger partial charge in [0.05, 0.1) is 23.3 Å². The van der Waals surface area contributed by atoms with Crippen LogP contribution in [-0.2, 0) is 0 Å². The molecule has 8 aromatic carbocycles. The number of hydrogen-bond donors (Lipinski definition) is 0. The van der Waals surface area contributed by atoms with Gasteiger partial charge in [-0.05, 0) is 118 Å². The molecule has 1 aliphatic rings. The quantitative estimate of drug-likeness (QED) is 0.209. The Morgan fingerprint density at radius 1 is 0.348 bits per heavy atom. The normalized spacial score (nSPS) is 11.4. The summed E-state index contributed by atoms with van der Waals surface area (Å²) in [7, 11) is 0. The SMILES string of the molecule is N#Cc1ccc(-c2c3c(c(-c4ccc(C#N)cc4)c4cc(-c5cccc6ccccc56)ccc24)-c2cccc4cccc-3c24)cc1. The van der Waals surface area contributed by atoms with Gasteiger partial charge >= 0.3 is 0 Å². The second-order valence-electron chi connectivity index (χ2n) is 11.9. The van der Waals surface area contributed by atoms with Crippen molar-refractivity contribution in [3.63, 3.8) is 0 Å². The minimum absolute atomic E-state index is 0.640. The molecule has 0 aliphatic heterocycles. The Kier molecular flexibility index (Phi) is 5.66. The molecular weight excluding hydrogens is 556 g/mol. The highest BCUT2D eigenvalue weighted by atomic mass is 14.3. The first kappa shape index (κ1) is 26.0. The average molecular weight is 581 g/mol. The Balaban J connectivity index is 1.47. The molecule has 0 heterocycles. The van der Waals surface area contributed by atoms with Crippen LogP contribution in [0.15, 0.2) is 146 Å². The van der Waals surface area contributed by atoms with Gasteiger partial charge in [0.15, 0.2) is 0 Å². The Labute approximate surface area is 266 Å². The van der Waals surface area contributed by atoms with E-state index in [4.69, 9.17) is 0 Å². The number of nitrogens with zero attached hydrogens (tertiary/aromatic N) is 2. The van der Waals surface area contributed by atoms with E-state index in [-0.39, 0.29) is 0 Å². The van der Waals surface area contributed by atoms with Gasteiger partial charge in [-0.3, -0.25) is 0 Å². The highest BCUT2D eigenvalue weighted by Crippen LogP contribution is 2.58. The molecule has 0 saturated heterocycles. The first-order valence-electron chi connectivity index (χ1n) is 15.4. The van der Waals surface area contributed by atoms with Crippen LogP contribution in [0.25, 0.3) is 88.0 Å². The van der Waals surface area contributed by atoms with E-state index in [9.17, 15) is 10.5 Å². The molecule has 0 amide bonds. The summed E-state index contributed by atoms with van der Waals surface area (Å²) in [4.78, 5) is 0. The molecule has 0 saturated carbocycles. The fraction of sp³-hybridized carbons (Fsp3) is 0. The molecular formula is C44H24N2. The van der Waals surface area contributed by atoms with Crippen LogP contribution in [0.4, 0.5) is 0 Å². The third kappa shape index (κ3) is 3.75. The minimum atomic E-state index is 0.640. The molecule has 0 N–H and O–H groups in total. The average Bonchev–Trinajstić information content (AvgIpc) is 3.45. The number of fused-ring (bicyclic) bond motifs is 5. The van der Waals surface area contributed by atoms with E-state index in [1.165, 1.54) is 54.9 Å². The van der Waals surface area contributed by atoms with Crippen LogP contribution in [0, 0.1) is 22.7 Å². The van der Waals surface area contributed by atoms with Gasteiger partial charge < -0.3 is 0 Å². The van der Waals surface area contributed by atoms with E-state index in [1.54, 1.807) is 0 Å². The topological polar surface area (TPSA) is 47.6 Å². The lowest BCUT2D eigenvalue weighted by atomic mass is 9.81. The number of nitriles is 2. The van der Waals surface area contributed by atoms with Crippen molar-refractivity contribution in [3.8, 4) is 67.8 Å². The zero-order valence-corrected chi connectivity index (χ0v) is 24.8. The summed E-state index contributed by atoms with van der Waals surface area (Å²) in [5.41, 5.74) is 13.0. The van der Waals surface area contributed by atoms with Crippen LogP contribution >= 0.6 is 0 Å². The van der Waals surface area contributed by atoms with Crippen molar-refractivity contribution in [3.05, 3.63) is 157 Å². The van der Waals surface area contributed by atoms with E-state index < -0.39 is 0 Å². The molecule has 0 aromatic heterocycles. The highest BCUT2D eigenvalue weighted by molar-refractivity contribution is 6.27. The Morgan fingerprint density at radius 2 is 0.848 bits per heavy atom. The Bertz CT molecular complexity index is 2620.